The fourth-order valence-corrected chi connectivity index (χ4v) is 3.88. The van der Waals surface area contributed by atoms with Crippen LogP contribution in [0, 0.1) is 6.92 Å². The second-order valence-corrected chi connectivity index (χ2v) is 8.33. The number of carbonyl (C=O) groups excluding carboxylic acids is 1. The van der Waals surface area contributed by atoms with Crippen LogP contribution in [-0.4, -0.2) is 26.9 Å². The van der Waals surface area contributed by atoms with Crippen molar-refractivity contribution >= 4 is 33.2 Å². The van der Waals surface area contributed by atoms with E-state index < -0.39 is 10.0 Å². The smallest absolute Gasteiger partial charge is 0.264 e. The molecule has 0 aliphatic carbocycles. The Morgan fingerprint density at radius 2 is 1.80 bits per heavy atom. The summed E-state index contributed by atoms with van der Waals surface area (Å²) in [7, 11) is -3.90. The normalized spacial score (nSPS) is 11.4. The lowest BCUT2D eigenvalue weighted by atomic mass is 10.2. The van der Waals surface area contributed by atoms with Crippen LogP contribution in [0.4, 0.5) is 5.69 Å². The zero-order chi connectivity index (χ0) is 18.6. The Morgan fingerprint density at radius 1 is 1.16 bits per heavy atom. The summed E-state index contributed by atoms with van der Waals surface area (Å²) < 4.78 is 27.2. The van der Waals surface area contributed by atoms with Gasteiger partial charge in [0.2, 0.25) is 5.91 Å². The van der Waals surface area contributed by atoms with E-state index in [1.165, 1.54) is 18.2 Å². The molecule has 0 saturated carbocycles. The summed E-state index contributed by atoms with van der Waals surface area (Å²) in [5, 5.41) is 3.11. The van der Waals surface area contributed by atoms with Gasteiger partial charge in [-0.15, -0.1) is 0 Å². The number of amides is 1. The number of hydrogen-bond acceptors (Lipinski definition) is 3. The second-order valence-electron chi connectivity index (χ2n) is 6.03. The van der Waals surface area contributed by atoms with Gasteiger partial charge in [0.1, 0.15) is 6.54 Å². The highest BCUT2D eigenvalue weighted by Gasteiger charge is 2.27. The van der Waals surface area contributed by atoms with Gasteiger partial charge in [-0.1, -0.05) is 35.4 Å². The van der Waals surface area contributed by atoms with Crippen LogP contribution in [0.25, 0.3) is 0 Å². The number of carbonyl (C=O) groups is 1. The van der Waals surface area contributed by atoms with E-state index in [0.29, 0.717) is 10.7 Å². The number of rotatable bonds is 6. The zero-order valence-electron chi connectivity index (χ0n) is 14.4. The van der Waals surface area contributed by atoms with Crippen LogP contribution in [-0.2, 0) is 14.8 Å². The molecular formula is C18H21ClN2O3S. The molecule has 2 rings (SSSR count). The molecular weight excluding hydrogens is 360 g/mol. The first-order valence-corrected chi connectivity index (χ1v) is 9.66. The number of benzene rings is 2. The molecule has 0 fully saturated rings. The van der Waals surface area contributed by atoms with Crippen molar-refractivity contribution in [1.82, 2.24) is 5.32 Å². The molecule has 134 valence electrons. The quantitative estimate of drug-likeness (QED) is 0.835. The van der Waals surface area contributed by atoms with Gasteiger partial charge in [-0.05, 0) is 51.1 Å². The SMILES string of the molecule is Cc1ccc(S(=O)(=O)N(CC(=O)NC(C)C)c2cccc(Cl)c2)cc1. The van der Waals surface area contributed by atoms with Crippen molar-refractivity contribution in [2.75, 3.05) is 10.8 Å². The van der Waals surface area contributed by atoms with Gasteiger partial charge in [0.25, 0.3) is 10.0 Å². The predicted octanol–water partition coefficient (Wildman–Crippen LogP) is 3.37. The van der Waals surface area contributed by atoms with Crippen molar-refractivity contribution in [1.29, 1.82) is 0 Å². The van der Waals surface area contributed by atoms with Gasteiger partial charge >= 0.3 is 0 Å². The van der Waals surface area contributed by atoms with E-state index in [2.05, 4.69) is 5.32 Å². The molecule has 0 aromatic heterocycles. The predicted molar refractivity (Wildman–Crippen MR) is 100 cm³/mol. The molecule has 0 heterocycles. The third-order valence-corrected chi connectivity index (χ3v) is 5.47. The van der Waals surface area contributed by atoms with Crippen molar-refractivity contribution in [3.8, 4) is 0 Å². The van der Waals surface area contributed by atoms with Crippen LogP contribution in [0.3, 0.4) is 0 Å². The molecule has 25 heavy (non-hydrogen) atoms. The zero-order valence-corrected chi connectivity index (χ0v) is 15.9. The first kappa shape index (κ1) is 19.3. The van der Waals surface area contributed by atoms with E-state index in [-0.39, 0.29) is 23.4 Å². The Labute approximate surface area is 153 Å². The monoisotopic (exact) mass is 380 g/mol. The second kappa shape index (κ2) is 7.89. The van der Waals surface area contributed by atoms with Gasteiger partial charge in [-0.25, -0.2) is 8.42 Å². The molecule has 0 aliphatic heterocycles. The van der Waals surface area contributed by atoms with Crippen molar-refractivity contribution in [3.63, 3.8) is 0 Å². The summed E-state index contributed by atoms with van der Waals surface area (Å²) in [5.74, 6) is -0.384. The summed E-state index contributed by atoms with van der Waals surface area (Å²) in [6, 6.07) is 12.8. The third-order valence-electron chi connectivity index (χ3n) is 3.44. The molecule has 0 aliphatic rings. The highest BCUT2D eigenvalue weighted by molar-refractivity contribution is 7.92. The largest absolute Gasteiger partial charge is 0.352 e. The van der Waals surface area contributed by atoms with Crippen LogP contribution in [0.2, 0.25) is 5.02 Å². The van der Waals surface area contributed by atoms with Crippen LogP contribution in [0.15, 0.2) is 53.4 Å². The average Bonchev–Trinajstić information content (AvgIpc) is 2.52. The summed E-state index contributed by atoms with van der Waals surface area (Å²) in [4.78, 5) is 12.3. The number of anilines is 1. The molecule has 2 aromatic rings. The maximum absolute atomic E-state index is 13.1. The van der Waals surface area contributed by atoms with E-state index in [0.717, 1.165) is 9.87 Å². The number of halogens is 1. The molecule has 0 spiro atoms. The average molecular weight is 381 g/mol. The molecule has 1 amide bonds. The number of nitrogens with zero attached hydrogens (tertiary/aromatic N) is 1. The van der Waals surface area contributed by atoms with Gasteiger partial charge in [-0.3, -0.25) is 9.10 Å². The molecule has 0 bridgehead atoms. The van der Waals surface area contributed by atoms with E-state index in [1.54, 1.807) is 30.3 Å². The molecule has 0 unspecified atom stereocenters. The molecule has 2 aromatic carbocycles. The Morgan fingerprint density at radius 3 is 2.36 bits per heavy atom. The summed E-state index contributed by atoms with van der Waals surface area (Å²) >= 11 is 6.00. The minimum atomic E-state index is -3.90. The van der Waals surface area contributed by atoms with Crippen LogP contribution >= 0.6 is 11.6 Å². The van der Waals surface area contributed by atoms with Crippen LogP contribution in [0.1, 0.15) is 19.4 Å². The lowest BCUT2D eigenvalue weighted by molar-refractivity contribution is -0.120. The van der Waals surface area contributed by atoms with E-state index in [1.807, 2.05) is 20.8 Å². The molecule has 0 saturated heterocycles. The Kier molecular flexibility index (Phi) is 6.08. The maximum Gasteiger partial charge on any atom is 0.264 e. The highest BCUT2D eigenvalue weighted by atomic mass is 35.5. The molecule has 7 heteroatoms. The fourth-order valence-electron chi connectivity index (χ4n) is 2.28. The number of nitrogens with one attached hydrogen (secondary N) is 1. The lowest BCUT2D eigenvalue weighted by Gasteiger charge is -2.24. The molecule has 0 atom stereocenters. The fraction of sp³-hybridized carbons (Fsp3) is 0.278. The first-order valence-electron chi connectivity index (χ1n) is 7.84. The van der Waals surface area contributed by atoms with E-state index >= 15 is 0 Å². The summed E-state index contributed by atoms with van der Waals surface area (Å²) in [6.07, 6.45) is 0. The lowest BCUT2D eigenvalue weighted by Crippen LogP contribution is -2.42. The summed E-state index contributed by atoms with van der Waals surface area (Å²) in [5.41, 5.74) is 1.29. The Hall–Kier alpha value is -2.05. The third kappa shape index (κ3) is 4.96. The maximum atomic E-state index is 13.1. The molecule has 5 nitrogen and oxygen atoms in total. The van der Waals surface area contributed by atoms with E-state index in [4.69, 9.17) is 11.6 Å². The van der Waals surface area contributed by atoms with Gasteiger partial charge < -0.3 is 5.32 Å². The molecule has 1 N–H and O–H groups in total. The number of hydrogen-bond donors (Lipinski definition) is 1. The van der Waals surface area contributed by atoms with Crippen molar-refractivity contribution in [2.45, 2.75) is 31.7 Å². The Bertz CT molecular complexity index is 849. The Balaban J connectivity index is 2.46. The van der Waals surface area contributed by atoms with Gasteiger partial charge in [-0.2, -0.15) is 0 Å². The standard InChI is InChI=1S/C18H21ClN2O3S/c1-13(2)20-18(22)12-21(16-6-4-5-15(19)11-16)25(23,24)17-9-7-14(3)8-10-17/h4-11,13H,12H2,1-3H3,(H,20,22). The summed E-state index contributed by atoms with van der Waals surface area (Å²) in [6.45, 7) is 5.18. The van der Waals surface area contributed by atoms with E-state index in [9.17, 15) is 13.2 Å². The number of aryl methyl sites for hydroxylation is 1. The minimum Gasteiger partial charge on any atom is -0.352 e. The van der Waals surface area contributed by atoms with Crippen molar-refractivity contribution in [2.24, 2.45) is 0 Å². The van der Waals surface area contributed by atoms with Crippen molar-refractivity contribution in [3.05, 3.63) is 59.1 Å². The topological polar surface area (TPSA) is 66.5 Å². The first-order chi connectivity index (χ1) is 11.7. The van der Waals surface area contributed by atoms with Crippen LogP contribution < -0.4 is 9.62 Å². The van der Waals surface area contributed by atoms with Gasteiger partial charge in [0.15, 0.2) is 0 Å². The minimum absolute atomic E-state index is 0.0872. The van der Waals surface area contributed by atoms with Crippen LogP contribution in [0.5, 0.6) is 0 Å². The number of sulfonamides is 1. The van der Waals surface area contributed by atoms with Crippen molar-refractivity contribution < 1.29 is 13.2 Å². The molecule has 0 radical (unpaired) electrons. The highest BCUT2D eigenvalue weighted by Crippen LogP contribution is 2.26. The van der Waals surface area contributed by atoms with Gasteiger partial charge in [0, 0.05) is 11.1 Å². The van der Waals surface area contributed by atoms with Gasteiger partial charge in [0.05, 0.1) is 10.6 Å².